The minimum absolute atomic E-state index is 0.0177. The first-order valence-corrected chi connectivity index (χ1v) is 7.03. The van der Waals surface area contributed by atoms with Crippen LogP contribution in [-0.4, -0.2) is 84.8 Å². The second-order valence-corrected chi connectivity index (χ2v) is 5.42. The Hall–Kier alpha value is -1.76. The molecule has 11 nitrogen and oxygen atoms in total. The standard InChI is InChI=1S/C12H18N4O7/c17-1-4(19)9-14-10-6(11(22)15-9)13-3-16(10)12-8(21)7(20)5(2-18)23-12/h3-5,7-9,12,14,17-21H,1-2H2,(H,15,22)/t4?,5-,7-,8-,9?,12-/m1/s1. The molecule has 0 spiro atoms. The molecule has 1 amide bonds. The SMILES string of the molecule is O=C1NC(C(O)CO)Nc2c1ncn2[C@@H]1O[C@H](CO)[C@@H](O)[C@H]1O. The van der Waals surface area contributed by atoms with E-state index in [0.717, 1.165) is 0 Å². The van der Waals surface area contributed by atoms with E-state index >= 15 is 0 Å². The second-order valence-electron chi connectivity index (χ2n) is 5.42. The summed E-state index contributed by atoms with van der Waals surface area (Å²) >= 11 is 0. The summed E-state index contributed by atoms with van der Waals surface area (Å²) < 4.78 is 6.69. The molecular formula is C12H18N4O7. The van der Waals surface area contributed by atoms with Crippen LogP contribution in [0.2, 0.25) is 0 Å². The Bertz CT molecular complexity index is 594. The maximum Gasteiger partial charge on any atom is 0.275 e. The van der Waals surface area contributed by atoms with Gasteiger partial charge in [0, 0.05) is 0 Å². The number of aromatic nitrogens is 2. The Labute approximate surface area is 130 Å². The van der Waals surface area contributed by atoms with Crippen molar-refractivity contribution in [1.82, 2.24) is 14.9 Å². The number of nitrogens with zero attached hydrogens (tertiary/aromatic N) is 2. The van der Waals surface area contributed by atoms with E-state index in [9.17, 15) is 20.1 Å². The molecule has 0 radical (unpaired) electrons. The van der Waals surface area contributed by atoms with Gasteiger partial charge in [0.25, 0.3) is 5.91 Å². The van der Waals surface area contributed by atoms with Crippen LogP contribution in [0, 0.1) is 0 Å². The zero-order valence-electron chi connectivity index (χ0n) is 11.9. The summed E-state index contributed by atoms with van der Waals surface area (Å²) in [5.74, 6) is -0.400. The fourth-order valence-electron chi connectivity index (χ4n) is 2.66. The summed E-state index contributed by atoms with van der Waals surface area (Å²) in [4.78, 5) is 15.9. The van der Waals surface area contributed by atoms with Crippen LogP contribution in [0.5, 0.6) is 0 Å². The highest BCUT2D eigenvalue weighted by Crippen LogP contribution is 2.33. The minimum atomic E-state index is -1.33. The third-order valence-corrected chi connectivity index (χ3v) is 3.95. The molecule has 1 fully saturated rings. The number of hydrogen-bond donors (Lipinski definition) is 7. The lowest BCUT2D eigenvalue weighted by molar-refractivity contribution is -0.0520. The van der Waals surface area contributed by atoms with Crippen LogP contribution < -0.4 is 10.6 Å². The summed E-state index contributed by atoms with van der Waals surface area (Å²) in [7, 11) is 0. The number of fused-ring (bicyclic) bond motifs is 1. The number of carbonyl (C=O) groups is 1. The smallest absolute Gasteiger partial charge is 0.275 e. The molecule has 0 aliphatic carbocycles. The number of carbonyl (C=O) groups excluding carboxylic acids is 1. The molecular weight excluding hydrogens is 312 g/mol. The maximum absolute atomic E-state index is 12.0. The fraction of sp³-hybridized carbons (Fsp3) is 0.667. The van der Waals surface area contributed by atoms with Crippen LogP contribution in [-0.2, 0) is 4.74 Å². The Morgan fingerprint density at radius 1 is 1.30 bits per heavy atom. The van der Waals surface area contributed by atoms with Crippen LogP contribution in [0.4, 0.5) is 5.82 Å². The average Bonchev–Trinajstić information content (AvgIpc) is 3.09. The van der Waals surface area contributed by atoms with Crippen molar-refractivity contribution in [2.75, 3.05) is 18.5 Å². The molecule has 0 bridgehead atoms. The van der Waals surface area contributed by atoms with E-state index in [-0.39, 0.29) is 11.5 Å². The quantitative estimate of drug-likeness (QED) is 0.294. The Morgan fingerprint density at radius 2 is 2.04 bits per heavy atom. The second kappa shape index (κ2) is 6.03. The molecule has 1 aromatic heterocycles. The third-order valence-electron chi connectivity index (χ3n) is 3.95. The van der Waals surface area contributed by atoms with E-state index in [1.165, 1.54) is 10.9 Å². The summed E-state index contributed by atoms with van der Waals surface area (Å²) in [5.41, 5.74) is 0.0177. The molecule has 23 heavy (non-hydrogen) atoms. The molecule has 0 aromatic carbocycles. The van der Waals surface area contributed by atoms with E-state index < -0.39 is 55.9 Å². The predicted octanol–water partition coefficient (Wildman–Crippen LogP) is -3.67. The number of imidazole rings is 1. The molecule has 1 saturated heterocycles. The molecule has 2 aliphatic heterocycles. The van der Waals surface area contributed by atoms with Gasteiger partial charge in [0.1, 0.15) is 36.4 Å². The van der Waals surface area contributed by atoms with Crippen LogP contribution in [0.25, 0.3) is 0 Å². The average molecular weight is 330 g/mol. The summed E-state index contributed by atoms with van der Waals surface area (Å²) in [6.07, 6.45) is -5.62. The Morgan fingerprint density at radius 3 is 2.65 bits per heavy atom. The van der Waals surface area contributed by atoms with Crippen molar-refractivity contribution < 1.29 is 35.1 Å². The highest BCUT2D eigenvalue weighted by atomic mass is 16.6. The summed E-state index contributed by atoms with van der Waals surface area (Å²) in [5, 5.41) is 52.9. The molecule has 11 heteroatoms. The molecule has 2 unspecified atom stereocenters. The fourth-order valence-corrected chi connectivity index (χ4v) is 2.66. The number of anilines is 1. The molecule has 3 heterocycles. The van der Waals surface area contributed by atoms with Gasteiger partial charge in [0.15, 0.2) is 11.9 Å². The van der Waals surface area contributed by atoms with Crippen molar-refractivity contribution in [3.63, 3.8) is 0 Å². The van der Waals surface area contributed by atoms with E-state index in [4.69, 9.17) is 14.9 Å². The number of hydrogen-bond acceptors (Lipinski definition) is 9. The van der Waals surface area contributed by atoms with Crippen molar-refractivity contribution in [3.05, 3.63) is 12.0 Å². The lowest BCUT2D eigenvalue weighted by atomic mass is 10.1. The lowest BCUT2D eigenvalue weighted by Gasteiger charge is -2.30. The van der Waals surface area contributed by atoms with Gasteiger partial charge in [-0.05, 0) is 0 Å². The van der Waals surface area contributed by atoms with Crippen molar-refractivity contribution in [2.24, 2.45) is 0 Å². The van der Waals surface area contributed by atoms with Crippen LogP contribution in [0.15, 0.2) is 6.33 Å². The Kier molecular flexibility index (Phi) is 4.23. The normalized spacial score (nSPS) is 34.7. The van der Waals surface area contributed by atoms with Gasteiger partial charge in [-0.2, -0.15) is 0 Å². The van der Waals surface area contributed by atoms with Crippen molar-refractivity contribution >= 4 is 11.7 Å². The van der Waals surface area contributed by atoms with Crippen molar-refractivity contribution in [1.29, 1.82) is 0 Å². The first kappa shape index (κ1) is 16.1. The monoisotopic (exact) mass is 330 g/mol. The largest absolute Gasteiger partial charge is 0.394 e. The molecule has 128 valence electrons. The van der Waals surface area contributed by atoms with Crippen molar-refractivity contribution in [2.45, 2.75) is 36.8 Å². The molecule has 3 rings (SSSR count). The molecule has 1 aromatic rings. The van der Waals surface area contributed by atoms with Gasteiger partial charge in [0.2, 0.25) is 0 Å². The van der Waals surface area contributed by atoms with E-state index in [2.05, 4.69) is 15.6 Å². The zero-order chi connectivity index (χ0) is 16.7. The van der Waals surface area contributed by atoms with Gasteiger partial charge in [0.05, 0.1) is 19.5 Å². The van der Waals surface area contributed by atoms with E-state index in [1.54, 1.807) is 0 Å². The minimum Gasteiger partial charge on any atom is -0.394 e. The van der Waals surface area contributed by atoms with Gasteiger partial charge in [-0.3, -0.25) is 9.36 Å². The summed E-state index contributed by atoms with van der Waals surface area (Å²) in [6, 6.07) is 0. The highest BCUT2D eigenvalue weighted by molar-refractivity contribution is 5.99. The number of rotatable bonds is 4. The maximum atomic E-state index is 12.0. The van der Waals surface area contributed by atoms with E-state index in [1.807, 2.05) is 0 Å². The first-order chi connectivity index (χ1) is 11.0. The predicted molar refractivity (Wildman–Crippen MR) is 73.2 cm³/mol. The molecule has 6 atom stereocenters. The molecule has 0 saturated carbocycles. The highest BCUT2D eigenvalue weighted by Gasteiger charge is 2.45. The van der Waals surface area contributed by atoms with Gasteiger partial charge < -0.3 is 40.9 Å². The lowest BCUT2D eigenvalue weighted by Crippen LogP contribution is -2.53. The molecule has 2 aliphatic rings. The van der Waals surface area contributed by atoms with Gasteiger partial charge in [-0.25, -0.2) is 4.98 Å². The number of nitrogens with one attached hydrogen (secondary N) is 2. The third kappa shape index (κ3) is 2.56. The first-order valence-electron chi connectivity index (χ1n) is 7.03. The zero-order valence-corrected chi connectivity index (χ0v) is 11.9. The van der Waals surface area contributed by atoms with Crippen LogP contribution >= 0.6 is 0 Å². The number of amides is 1. The number of aliphatic hydroxyl groups excluding tert-OH is 5. The topological polar surface area (TPSA) is 169 Å². The number of ether oxygens (including phenoxy) is 1. The van der Waals surface area contributed by atoms with Crippen LogP contribution in [0.3, 0.4) is 0 Å². The molecule has 7 N–H and O–H groups in total. The van der Waals surface area contributed by atoms with Crippen molar-refractivity contribution in [3.8, 4) is 0 Å². The number of aliphatic hydroxyl groups is 5. The van der Waals surface area contributed by atoms with Gasteiger partial charge in [-0.1, -0.05) is 0 Å². The summed E-state index contributed by atoms with van der Waals surface area (Å²) in [6.45, 7) is -1.05. The van der Waals surface area contributed by atoms with Gasteiger partial charge >= 0.3 is 0 Å². The van der Waals surface area contributed by atoms with Crippen LogP contribution in [0.1, 0.15) is 16.7 Å². The van der Waals surface area contributed by atoms with E-state index in [0.29, 0.717) is 0 Å². The van der Waals surface area contributed by atoms with Gasteiger partial charge in [-0.15, -0.1) is 0 Å². The Balaban J connectivity index is 1.91.